The van der Waals surface area contributed by atoms with Crippen molar-refractivity contribution in [2.24, 2.45) is 0 Å². The Morgan fingerprint density at radius 3 is 2.58 bits per heavy atom. The maximum atomic E-state index is 11.9. The summed E-state index contributed by atoms with van der Waals surface area (Å²) < 4.78 is 4.94. The van der Waals surface area contributed by atoms with E-state index >= 15 is 0 Å². The molecule has 0 bridgehead atoms. The van der Waals surface area contributed by atoms with E-state index < -0.39 is 5.97 Å². The number of esters is 1. The van der Waals surface area contributed by atoms with Gasteiger partial charge in [-0.2, -0.15) is 0 Å². The van der Waals surface area contributed by atoms with Crippen LogP contribution >= 0.6 is 0 Å². The predicted octanol–water partition coefficient (Wildman–Crippen LogP) is 2.76. The highest BCUT2D eigenvalue weighted by atomic mass is 16.5. The minimum absolute atomic E-state index is 0.218. The summed E-state index contributed by atoms with van der Waals surface area (Å²) in [4.78, 5) is 27.4. The third-order valence-corrected chi connectivity index (χ3v) is 2.59. The van der Waals surface area contributed by atoms with Crippen LogP contribution in [0.1, 0.15) is 30.8 Å². The van der Waals surface area contributed by atoms with Gasteiger partial charge in [0.2, 0.25) is 0 Å². The lowest BCUT2D eigenvalue weighted by Crippen LogP contribution is -2.16. The molecule has 0 saturated carbocycles. The number of nitrogens with zero attached hydrogens (tertiary/aromatic N) is 1. The maximum Gasteiger partial charge on any atom is 0.314 e. The number of carbonyl (C=O) groups is 2. The van der Waals surface area contributed by atoms with Gasteiger partial charge in [0.05, 0.1) is 6.10 Å². The molecule has 0 saturated heterocycles. The zero-order valence-electron chi connectivity index (χ0n) is 10.9. The van der Waals surface area contributed by atoms with Crippen molar-refractivity contribution in [1.29, 1.82) is 0 Å². The lowest BCUT2D eigenvalue weighted by atomic mass is 10.1. The molecule has 0 aliphatic carbocycles. The molecule has 0 aliphatic heterocycles. The van der Waals surface area contributed by atoms with Gasteiger partial charge in [-0.25, -0.2) is 0 Å². The van der Waals surface area contributed by atoms with E-state index in [2.05, 4.69) is 4.98 Å². The summed E-state index contributed by atoms with van der Waals surface area (Å²) in [5.41, 5.74) is 0.291. The number of carbonyl (C=O) groups excluding carboxylic acids is 2. The summed E-state index contributed by atoms with van der Waals surface area (Å²) >= 11 is 0. The van der Waals surface area contributed by atoms with Crippen LogP contribution in [-0.4, -0.2) is 22.8 Å². The normalized spacial score (nSPS) is 10.7. The van der Waals surface area contributed by atoms with Gasteiger partial charge in [-0.05, 0) is 25.3 Å². The Labute approximate surface area is 111 Å². The first kappa shape index (κ1) is 13.2. The molecule has 4 nitrogen and oxygen atoms in total. The first-order valence-corrected chi connectivity index (χ1v) is 6.14. The van der Waals surface area contributed by atoms with Gasteiger partial charge < -0.3 is 4.74 Å². The van der Waals surface area contributed by atoms with Crippen LogP contribution in [0, 0.1) is 0 Å². The van der Waals surface area contributed by atoms with Crippen LogP contribution in [0.25, 0.3) is 10.8 Å². The number of ketones is 1. The Morgan fingerprint density at radius 1 is 1.21 bits per heavy atom. The van der Waals surface area contributed by atoms with Gasteiger partial charge in [0.25, 0.3) is 0 Å². The Kier molecular flexibility index (Phi) is 3.90. The van der Waals surface area contributed by atoms with Crippen molar-refractivity contribution in [3.8, 4) is 0 Å². The standard InChI is InChI=1S/C15H15NO3/c1-10(2)19-15(18)8-14(17)13-7-11-5-3-4-6-12(11)9-16-13/h3-7,9-10H,8H2,1-2H3. The number of hydrogen-bond donors (Lipinski definition) is 0. The number of rotatable bonds is 4. The molecule has 1 aromatic heterocycles. The van der Waals surface area contributed by atoms with Crippen molar-refractivity contribution in [1.82, 2.24) is 4.98 Å². The van der Waals surface area contributed by atoms with Crippen molar-refractivity contribution in [2.75, 3.05) is 0 Å². The van der Waals surface area contributed by atoms with Gasteiger partial charge in [-0.15, -0.1) is 0 Å². The molecule has 0 radical (unpaired) electrons. The van der Waals surface area contributed by atoms with E-state index in [1.165, 1.54) is 0 Å². The molecular formula is C15H15NO3. The molecule has 0 aliphatic rings. The van der Waals surface area contributed by atoms with Gasteiger partial charge in [-0.1, -0.05) is 24.3 Å². The molecule has 1 heterocycles. The molecule has 19 heavy (non-hydrogen) atoms. The highest BCUT2D eigenvalue weighted by molar-refractivity contribution is 6.06. The minimum Gasteiger partial charge on any atom is -0.463 e. The van der Waals surface area contributed by atoms with E-state index in [1.807, 2.05) is 24.3 Å². The summed E-state index contributed by atoms with van der Waals surface area (Å²) in [5, 5.41) is 1.89. The Morgan fingerprint density at radius 2 is 1.89 bits per heavy atom. The van der Waals surface area contributed by atoms with E-state index in [9.17, 15) is 9.59 Å². The first-order chi connectivity index (χ1) is 9.06. The summed E-state index contributed by atoms with van der Waals surface area (Å²) in [6, 6.07) is 9.32. The second kappa shape index (κ2) is 5.61. The zero-order valence-corrected chi connectivity index (χ0v) is 10.9. The lowest BCUT2D eigenvalue weighted by molar-refractivity contribution is -0.146. The zero-order chi connectivity index (χ0) is 13.8. The molecular weight excluding hydrogens is 242 g/mol. The van der Waals surface area contributed by atoms with Crippen LogP contribution in [0.2, 0.25) is 0 Å². The van der Waals surface area contributed by atoms with E-state index in [0.29, 0.717) is 5.69 Å². The van der Waals surface area contributed by atoms with Gasteiger partial charge in [0.15, 0.2) is 5.78 Å². The van der Waals surface area contributed by atoms with E-state index in [4.69, 9.17) is 4.74 Å². The number of hydrogen-bond acceptors (Lipinski definition) is 4. The van der Waals surface area contributed by atoms with Crippen molar-refractivity contribution in [3.05, 3.63) is 42.2 Å². The molecule has 0 N–H and O–H groups in total. The van der Waals surface area contributed by atoms with E-state index in [1.54, 1.807) is 26.1 Å². The van der Waals surface area contributed by atoms with Gasteiger partial charge >= 0.3 is 5.97 Å². The van der Waals surface area contributed by atoms with Crippen LogP contribution < -0.4 is 0 Å². The number of ether oxygens (including phenoxy) is 1. The van der Waals surface area contributed by atoms with E-state index in [0.717, 1.165) is 10.8 Å². The quantitative estimate of drug-likeness (QED) is 0.480. The Hall–Kier alpha value is -2.23. The number of fused-ring (bicyclic) bond motifs is 1. The molecule has 0 fully saturated rings. The number of aromatic nitrogens is 1. The number of benzene rings is 1. The molecule has 4 heteroatoms. The van der Waals surface area contributed by atoms with Gasteiger partial charge in [0.1, 0.15) is 12.1 Å². The average Bonchev–Trinajstić information content (AvgIpc) is 2.37. The fourth-order valence-electron chi connectivity index (χ4n) is 1.76. The molecule has 1 aromatic carbocycles. The molecule has 2 aromatic rings. The van der Waals surface area contributed by atoms with Crippen LogP contribution in [0.15, 0.2) is 36.5 Å². The SMILES string of the molecule is CC(C)OC(=O)CC(=O)c1cc2ccccc2cn1. The summed E-state index contributed by atoms with van der Waals surface area (Å²) in [7, 11) is 0. The average molecular weight is 257 g/mol. The number of Topliss-reactive ketones (excluding diaryl/α,β-unsaturated/α-hetero) is 1. The molecule has 0 unspecified atom stereocenters. The highest BCUT2D eigenvalue weighted by Gasteiger charge is 2.15. The van der Waals surface area contributed by atoms with Crippen molar-refractivity contribution >= 4 is 22.5 Å². The predicted molar refractivity (Wildman–Crippen MR) is 71.9 cm³/mol. The molecule has 0 spiro atoms. The highest BCUT2D eigenvalue weighted by Crippen LogP contribution is 2.14. The smallest absolute Gasteiger partial charge is 0.314 e. The van der Waals surface area contributed by atoms with Crippen LogP contribution in [0.5, 0.6) is 0 Å². The summed E-state index contributed by atoms with van der Waals surface area (Å²) in [5.74, 6) is -0.841. The van der Waals surface area contributed by atoms with Gasteiger partial charge in [0, 0.05) is 11.6 Å². The lowest BCUT2D eigenvalue weighted by Gasteiger charge is -2.07. The van der Waals surface area contributed by atoms with Crippen LogP contribution in [-0.2, 0) is 9.53 Å². The topological polar surface area (TPSA) is 56.3 Å². The fourth-order valence-corrected chi connectivity index (χ4v) is 1.76. The van der Waals surface area contributed by atoms with Crippen molar-refractivity contribution in [3.63, 3.8) is 0 Å². The van der Waals surface area contributed by atoms with E-state index in [-0.39, 0.29) is 18.3 Å². The minimum atomic E-state index is -0.519. The Balaban J connectivity index is 2.15. The Bertz CT molecular complexity index is 620. The molecule has 0 atom stereocenters. The van der Waals surface area contributed by atoms with Crippen molar-refractivity contribution < 1.29 is 14.3 Å². The third-order valence-electron chi connectivity index (χ3n) is 2.59. The maximum absolute atomic E-state index is 11.9. The molecule has 98 valence electrons. The van der Waals surface area contributed by atoms with Crippen LogP contribution in [0.3, 0.4) is 0 Å². The summed E-state index contributed by atoms with van der Waals surface area (Å²) in [6.45, 7) is 3.49. The third kappa shape index (κ3) is 3.37. The number of pyridine rings is 1. The van der Waals surface area contributed by atoms with Crippen LogP contribution in [0.4, 0.5) is 0 Å². The van der Waals surface area contributed by atoms with Crippen molar-refractivity contribution in [2.45, 2.75) is 26.4 Å². The molecule has 0 amide bonds. The van der Waals surface area contributed by atoms with Gasteiger partial charge in [-0.3, -0.25) is 14.6 Å². The summed E-state index contributed by atoms with van der Waals surface area (Å²) in [6.07, 6.45) is 1.14. The fraction of sp³-hybridized carbons (Fsp3) is 0.267. The monoisotopic (exact) mass is 257 g/mol. The second-order valence-electron chi connectivity index (χ2n) is 4.56. The second-order valence-corrected chi connectivity index (χ2v) is 4.56. The molecule has 2 rings (SSSR count). The largest absolute Gasteiger partial charge is 0.463 e. The first-order valence-electron chi connectivity index (χ1n) is 6.14.